The normalized spacial score (nSPS) is 15.0. The lowest BCUT2D eigenvalue weighted by Gasteiger charge is -2.06. The van der Waals surface area contributed by atoms with Gasteiger partial charge in [0.1, 0.15) is 0 Å². The molecule has 0 aliphatic rings. The van der Waals surface area contributed by atoms with Crippen LogP contribution in [0.3, 0.4) is 0 Å². The zero-order valence-electron chi connectivity index (χ0n) is 7.59. The van der Waals surface area contributed by atoms with E-state index in [0.717, 1.165) is 6.42 Å². The van der Waals surface area contributed by atoms with Crippen LogP contribution in [0, 0.1) is 12.5 Å². The average molecular weight is 152 g/mol. The van der Waals surface area contributed by atoms with Crippen molar-refractivity contribution in [2.75, 3.05) is 0 Å². The molecule has 0 spiro atoms. The van der Waals surface area contributed by atoms with E-state index in [1.54, 1.807) is 0 Å². The summed E-state index contributed by atoms with van der Waals surface area (Å²) in [7, 11) is 0. The second-order valence-corrected chi connectivity index (χ2v) is 2.93. The lowest BCUT2D eigenvalue weighted by molar-refractivity contribution is 0.519. The number of unbranched alkanes of at least 4 members (excludes halogenated alkanes) is 1. The third-order valence-electron chi connectivity index (χ3n) is 2.05. The molecule has 0 aromatic carbocycles. The van der Waals surface area contributed by atoms with Crippen molar-refractivity contribution in [2.24, 2.45) is 5.92 Å². The predicted octanol–water partition coefficient (Wildman–Crippen LogP) is 3.33. The van der Waals surface area contributed by atoms with E-state index in [1.165, 1.54) is 12.8 Å². The van der Waals surface area contributed by atoms with Gasteiger partial charge in [0.25, 0.3) is 12.6 Å². The van der Waals surface area contributed by atoms with Crippen molar-refractivity contribution in [2.45, 2.75) is 39.2 Å². The molecule has 2 atom stereocenters. The summed E-state index contributed by atoms with van der Waals surface area (Å²) in [6, 6.07) is 0.221. The molecule has 0 N–H and O–H groups in total. The fourth-order valence-electron chi connectivity index (χ4n) is 1.11. The van der Waals surface area contributed by atoms with Crippen LogP contribution in [0.1, 0.15) is 33.1 Å². The third kappa shape index (κ3) is 3.83. The SMILES string of the molecule is C#[N+]C(C)C(C=C)CCCC. The van der Waals surface area contributed by atoms with E-state index in [1.807, 2.05) is 13.0 Å². The van der Waals surface area contributed by atoms with Gasteiger partial charge in [-0.05, 0) is 6.42 Å². The van der Waals surface area contributed by atoms with Crippen LogP contribution >= 0.6 is 0 Å². The molecule has 0 heterocycles. The summed E-state index contributed by atoms with van der Waals surface area (Å²) in [4.78, 5) is 3.74. The minimum absolute atomic E-state index is 0.221. The van der Waals surface area contributed by atoms with Gasteiger partial charge >= 0.3 is 0 Å². The summed E-state index contributed by atoms with van der Waals surface area (Å²) in [6.07, 6.45) is 5.57. The molecule has 0 radical (unpaired) electrons. The van der Waals surface area contributed by atoms with Crippen LogP contribution in [0.2, 0.25) is 0 Å². The molecule has 0 amide bonds. The monoisotopic (exact) mass is 152 g/mol. The van der Waals surface area contributed by atoms with Gasteiger partial charge in [-0.3, -0.25) is 0 Å². The van der Waals surface area contributed by atoms with Crippen LogP contribution in [0.25, 0.3) is 4.85 Å². The highest BCUT2D eigenvalue weighted by atomic mass is 14.7. The van der Waals surface area contributed by atoms with Gasteiger partial charge in [-0.2, -0.15) is 0 Å². The van der Waals surface area contributed by atoms with Gasteiger partial charge in [-0.25, -0.2) is 0 Å². The molecule has 0 rings (SSSR count). The fourth-order valence-corrected chi connectivity index (χ4v) is 1.11. The Bertz CT molecular complexity index is 143. The Morgan fingerprint density at radius 3 is 2.64 bits per heavy atom. The fraction of sp³-hybridized carbons (Fsp3) is 0.700. The lowest BCUT2D eigenvalue weighted by atomic mass is 9.96. The van der Waals surface area contributed by atoms with Crippen molar-refractivity contribution in [3.63, 3.8) is 0 Å². The van der Waals surface area contributed by atoms with Crippen molar-refractivity contribution in [1.82, 2.24) is 0 Å². The van der Waals surface area contributed by atoms with E-state index in [4.69, 9.17) is 6.57 Å². The Labute approximate surface area is 69.9 Å². The molecule has 11 heavy (non-hydrogen) atoms. The van der Waals surface area contributed by atoms with Crippen LogP contribution in [0.5, 0.6) is 0 Å². The molecule has 0 aliphatic carbocycles. The van der Waals surface area contributed by atoms with E-state index >= 15 is 0 Å². The molecule has 0 aliphatic heterocycles. The summed E-state index contributed by atoms with van der Waals surface area (Å²) in [6.45, 7) is 13.2. The highest BCUT2D eigenvalue weighted by Crippen LogP contribution is 2.16. The maximum Gasteiger partial charge on any atom is 0.275 e. The highest BCUT2D eigenvalue weighted by molar-refractivity contribution is 4.93. The summed E-state index contributed by atoms with van der Waals surface area (Å²) in [5, 5.41) is 0. The molecule has 0 bridgehead atoms. The topological polar surface area (TPSA) is 4.36 Å². The molecule has 62 valence electrons. The van der Waals surface area contributed by atoms with Crippen molar-refractivity contribution in [1.29, 1.82) is 0 Å². The van der Waals surface area contributed by atoms with Crippen molar-refractivity contribution in [3.8, 4) is 6.57 Å². The van der Waals surface area contributed by atoms with E-state index < -0.39 is 0 Å². The van der Waals surface area contributed by atoms with E-state index in [2.05, 4.69) is 18.3 Å². The zero-order chi connectivity index (χ0) is 8.69. The highest BCUT2D eigenvalue weighted by Gasteiger charge is 2.19. The van der Waals surface area contributed by atoms with E-state index in [-0.39, 0.29) is 6.04 Å². The van der Waals surface area contributed by atoms with Crippen LogP contribution in [0.4, 0.5) is 0 Å². The molecular formula is C10H18N+. The number of hydrogen-bond acceptors (Lipinski definition) is 0. The Balaban J connectivity index is 3.77. The maximum absolute atomic E-state index is 5.20. The molecular weight excluding hydrogens is 134 g/mol. The van der Waals surface area contributed by atoms with Gasteiger partial charge in [0.2, 0.25) is 0 Å². The Kier molecular flexibility index (Phi) is 5.56. The maximum atomic E-state index is 5.20. The standard InChI is InChI=1S/C10H18N/c1-5-7-8-10(6-2)9(3)11-4/h4,6,9-10H,2,5,7-8H2,1,3H3/q+1. The Morgan fingerprint density at radius 1 is 1.64 bits per heavy atom. The smallest absolute Gasteiger partial charge is 0.103 e. The second kappa shape index (κ2) is 5.97. The number of nitrogens with zero attached hydrogens (tertiary/aromatic N) is 1. The average Bonchev–Trinajstić information content (AvgIpc) is 2.05. The quantitative estimate of drug-likeness (QED) is 0.532. The number of hydrogen-bond donors (Lipinski definition) is 0. The molecule has 0 aromatic rings. The molecule has 0 saturated carbocycles. The minimum atomic E-state index is 0.221. The number of rotatable bonds is 5. The third-order valence-corrected chi connectivity index (χ3v) is 2.05. The largest absolute Gasteiger partial charge is 0.275 e. The van der Waals surface area contributed by atoms with Gasteiger partial charge < -0.3 is 0 Å². The molecule has 0 aromatic heterocycles. The molecule has 1 nitrogen and oxygen atoms in total. The van der Waals surface area contributed by atoms with Crippen LogP contribution < -0.4 is 0 Å². The summed E-state index contributed by atoms with van der Waals surface area (Å²) in [5.74, 6) is 0.458. The predicted molar refractivity (Wildman–Crippen MR) is 51.0 cm³/mol. The Hall–Kier alpha value is -0.770. The molecule has 1 heteroatoms. The van der Waals surface area contributed by atoms with Crippen molar-refractivity contribution < 1.29 is 0 Å². The Morgan fingerprint density at radius 2 is 2.27 bits per heavy atom. The van der Waals surface area contributed by atoms with Gasteiger partial charge in [0, 0.05) is 6.92 Å². The first kappa shape index (κ1) is 10.2. The van der Waals surface area contributed by atoms with Crippen molar-refractivity contribution in [3.05, 3.63) is 17.5 Å². The summed E-state index contributed by atoms with van der Waals surface area (Å²) >= 11 is 0. The lowest BCUT2D eigenvalue weighted by Crippen LogP contribution is -2.10. The minimum Gasteiger partial charge on any atom is -0.103 e. The summed E-state index contributed by atoms with van der Waals surface area (Å²) in [5.41, 5.74) is 0. The first-order valence-corrected chi connectivity index (χ1v) is 4.28. The summed E-state index contributed by atoms with van der Waals surface area (Å²) < 4.78 is 0. The molecule has 0 fully saturated rings. The van der Waals surface area contributed by atoms with Crippen LogP contribution in [-0.2, 0) is 0 Å². The first-order chi connectivity index (χ1) is 5.26. The second-order valence-electron chi connectivity index (χ2n) is 2.93. The zero-order valence-corrected chi connectivity index (χ0v) is 7.59. The molecule has 0 saturated heterocycles. The van der Waals surface area contributed by atoms with Gasteiger partial charge in [0.15, 0.2) is 0 Å². The van der Waals surface area contributed by atoms with Gasteiger partial charge in [-0.15, -0.1) is 6.58 Å². The molecule has 2 unspecified atom stereocenters. The van der Waals surface area contributed by atoms with Gasteiger partial charge in [0.05, 0.1) is 5.92 Å². The van der Waals surface area contributed by atoms with Crippen molar-refractivity contribution >= 4 is 0 Å². The van der Waals surface area contributed by atoms with E-state index in [0.29, 0.717) is 5.92 Å². The van der Waals surface area contributed by atoms with E-state index in [9.17, 15) is 0 Å². The van der Waals surface area contributed by atoms with Crippen LogP contribution in [-0.4, -0.2) is 6.04 Å². The van der Waals surface area contributed by atoms with Gasteiger partial charge in [-0.1, -0.05) is 30.7 Å². The van der Waals surface area contributed by atoms with Crippen LogP contribution in [0.15, 0.2) is 12.7 Å². The first-order valence-electron chi connectivity index (χ1n) is 4.28.